The van der Waals surface area contributed by atoms with Crippen molar-refractivity contribution in [3.05, 3.63) is 55.0 Å². The van der Waals surface area contributed by atoms with Gasteiger partial charge in [0.05, 0.1) is 5.56 Å². The third kappa shape index (κ3) is 2.95. The molecule has 7 heteroatoms. The Hall–Kier alpha value is -1.82. The van der Waals surface area contributed by atoms with Crippen LogP contribution in [0.2, 0.25) is 0 Å². The van der Waals surface area contributed by atoms with Crippen molar-refractivity contribution in [2.45, 2.75) is 13.1 Å². The zero-order chi connectivity index (χ0) is 15.8. The van der Waals surface area contributed by atoms with Gasteiger partial charge < -0.3 is 4.98 Å². The number of hydrogen-bond acceptors (Lipinski definition) is 2. The van der Waals surface area contributed by atoms with Gasteiger partial charge in [-0.15, -0.1) is 0 Å². The van der Waals surface area contributed by atoms with Gasteiger partial charge in [-0.25, -0.2) is 0 Å². The van der Waals surface area contributed by atoms with E-state index in [-0.39, 0.29) is 16.7 Å². The fourth-order valence-electron chi connectivity index (χ4n) is 2.03. The maximum atomic E-state index is 13.2. The summed E-state index contributed by atoms with van der Waals surface area (Å²) in [4.78, 5) is 14.2. The number of nitrogens with zero attached hydrogens (tertiary/aromatic N) is 1. The molecule has 0 saturated heterocycles. The van der Waals surface area contributed by atoms with Crippen LogP contribution in [0.5, 0.6) is 0 Å². The normalized spacial score (nSPS) is 11.2. The van der Waals surface area contributed by atoms with E-state index in [4.69, 9.17) is 5.26 Å². The third-order valence-corrected chi connectivity index (χ3v) is 3.77. The average Bonchev–Trinajstić information content (AvgIpc) is 2.36. The lowest BCUT2D eigenvalue weighted by molar-refractivity contribution is -0.137. The molecule has 0 aliphatic rings. The molecule has 21 heavy (non-hydrogen) atoms. The van der Waals surface area contributed by atoms with E-state index in [0.717, 1.165) is 6.07 Å². The quantitative estimate of drug-likeness (QED) is 0.735. The smallest absolute Gasteiger partial charge is 0.325 e. The molecule has 3 nitrogen and oxygen atoms in total. The molecular weight excluding hydrogens is 396 g/mol. The predicted molar refractivity (Wildman–Crippen MR) is 79.7 cm³/mol. The first-order valence-corrected chi connectivity index (χ1v) is 6.83. The second-order valence-electron chi connectivity index (χ2n) is 4.34. The number of aromatic amines is 1. The predicted octanol–water partition coefficient (Wildman–Crippen LogP) is 3.85. The van der Waals surface area contributed by atoms with Crippen molar-refractivity contribution in [3.8, 4) is 17.2 Å². The minimum atomic E-state index is -4.57. The lowest BCUT2D eigenvalue weighted by Crippen LogP contribution is -2.15. The molecule has 0 aliphatic carbocycles. The maximum Gasteiger partial charge on any atom is 0.417 e. The summed E-state index contributed by atoms with van der Waals surface area (Å²) in [5.74, 6) is 0. The van der Waals surface area contributed by atoms with Gasteiger partial charge in [-0.05, 0) is 47.7 Å². The summed E-state index contributed by atoms with van der Waals surface area (Å²) in [7, 11) is 0. The Morgan fingerprint density at radius 1 is 1.33 bits per heavy atom. The van der Waals surface area contributed by atoms with Crippen LogP contribution in [-0.2, 0) is 6.18 Å². The summed E-state index contributed by atoms with van der Waals surface area (Å²) in [6.45, 7) is 1.55. The molecule has 1 heterocycles. The molecule has 1 aromatic carbocycles. The fourth-order valence-corrected chi connectivity index (χ4v) is 2.82. The number of halogens is 4. The summed E-state index contributed by atoms with van der Waals surface area (Å²) in [5, 5.41) is 9.08. The number of hydrogen-bond donors (Lipinski definition) is 1. The minimum absolute atomic E-state index is 0.00363. The van der Waals surface area contributed by atoms with Crippen molar-refractivity contribution in [3.63, 3.8) is 0 Å². The van der Waals surface area contributed by atoms with Crippen LogP contribution in [-0.4, -0.2) is 4.98 Å². The molecule has 0 atom stereocenters. The Morgan fingerprint density at radius 3 is 2.57 bits per heavy atom. The summed E-state index contributed by atoms with van der Waals surface area (Å²) in [6.07, 6.45) is -4.57. The number of nitrogens with one attached hydrogen (secondary N) is 1. The van der Waals surface area contributed by atoms with Crippen molar-refractivity contribution in [1.82, 2.24) is 4.98 Å². The van der Waals surface area contributed by atoms with Gasteiger partial charge in [0.25, 0.3) is 5.56 Å². The lowest BCUT2D eigenvalue weighted by atomic mass is 9.96. The molecule has 2 rings (SSSR count). The lowest BCUT2D eigenvalue weighted by Gasteiger charge is -2.15. The van der Waals surface area contributed by atoms with Crippen LogP contribution in [0.25, 0.3) is 11.1 Å². The molecule has 0 fully saturated rings. The number of nitriles is 1. The van der Waals surface area contributed by atoms with Crippen molar-refractivity contribution in [1.29, 1.82) is 5.26 Å². The topological polar surface area (TPSA) is 56.6 Å². The van der Waals surface area contributed by atoms with Gasteiger partial charge in [0.1, 0.15) is 11.6 Å². The number of aryl methyl sites for hydroxylation is 1. The Bertz CT molecular complexity index is 803. The van der Waals surface area contributed by atoms with E-state index in [1.54, 1.807) is 35.6 Å². The van der Waals surface area contributed by atoms with Crippen LogP contribution in [0.4, 0.5) is 13.2 Å². The van der Waals surface area contributed by atoms with Gasteiger partial charge >= 0.3 is 6.18 Å². The van der Waals surface area contributed by atoms with E-state index >= 15 is 0 Å². The van der Waals surface area contributed by atoms with Crippen LogP contribution in [0, 0.1) is 21.8 Å². The summed E-state index contributed by atoms with van der Waals surface area (Å²) < 4.78 is 39.9. The molecule has 0 spiro atoms. The molecule has 0 radical (unpaired) electrons. The highest BCUT2D eigenvalue weighted by atomic mass is 127. The zero-order valence-corrected chi connectivity index (χ0v) is 12.8. The van der Waals surface area contributed by atoms with Crippen LogP contribution in [0.3, 0.4) is 0 Å². The molecule has 2 aromatic rings. The van der Waals surface area contributed by atoms with Gasteiger partial charge in [-0.2, -0.15) is 18.4 Å². The summed E-state index contributed by atoms with van der Waals surface area (Å²) in [5.41, 5.74) is -1.64. The van der Waals surface area contributed by atoms with Crippen molar-refractivity contribution >= 4 is 22.6 Å². The standard InChI is InChI=1S/C14H8F3IN2O/c1-7-5-8(9(6-19)13(21)20-7)12-10(14(15,16)17)3-2-4-11(12)18/h2-5H,1H3,(H,20,21). The maximum absolute atomic E-state index is 13.2. The van der Waals surface area contributed by atoms with Crippen molar-refractivity contribution in [2.75, 3.05) is 0 Å². The third-order valence-electron chi connectivity index (χ3n) is 2.87. The van der Waals surface area contributed by atoms with Crippen LogP contribution >= 0.6 is 22.6 Å². The van der Waals surface area contributed by atoms with E-state index in [0.29, 0.717) is 9.26 Å². The average molecular weight is 404 g/mol. The number of rotatable bonds is 1. The van der Waals surface area contributed by atoms with Crippen LogP contribution in [0.15, 0.2) is 29.1 Å². The monoisotopic (exact) mass is 404 g/mol. The number of benzene rings is 1. The Kier molecular flexibility index (Phi) is 4.09. The van der Waals surface area contributed by atoms with E-state index in [1.807, 2.05) is 0 Å². The molecule has 0 bridgehead atoms. The SMILES string of the molecule is Cc1cc(-c2c(I)cccc2C(F)(F)F)c(C#N)c(=O)[nH]1. The summed E-state index contributed by atoms with van der Waals surface area (Å²) >= 11 is 1.76. The van der Waals surface area contributed by atoms with E-state index in [2.05, 4.69) is 4.98 Å². The highest BCUT2D eigenvalue weighted by Crippen LogP contribution is 2.40. The Labute approximate surface area is 131 Å². The van der Waals surface area contributed by atoms with E-state index in [1.165, 1.54) is 18.2 Å². The highest BCUT2D eigenvalue weighted by molar-refractivity contribution is 14.1. The highest BCUT2D eigenvalue weighted by Gasteiger charge is 2.35. The molecule has 0 saturated carbocycles. The Morgan fingerprint density at radius 2 is 2.00 bits per heavy atom. The van der Waals surface area contributed by atoms with Crippen LogP contribution < -0.4 is 5.56 Å². The Balaban J connectivity index is 2.93. The van der Waals surface area contributed by atoms with E-state index < -0.39 is 17.3 Å². The van der Waals surface area contributed by atoms with Crippen molar-refractivity contribution in [2.24, 2.45) is 0 Å². The molecule has 0 aliphatic heterocycles. The second-order valence-corrected chi connectivity index (χ2v) is 5.50. The van der Waals surface area contributed by atoms with Gasteiger partial charge in [0.2, 0.25) is 0 Å². The van der Waals surface area contributed by atoms with Gasteiger partial charge in [-0.1, -0.05) is 6.07 Å². The van der Waals surface area contributed by atoms with E-state index in [9.17, 15) is 18.0 Å². The van der Waals surface area contributed by atoms with Crippen molar-refractivity contribution < 1.29 is 13.2 Å². The molecule has 1 N–H and O–H groups in total. The summed E-state index contributed by atoms with van der Waals surface area (Å²) in [6, 6.07) is 6.80. The molecule has 0 amide bonds. The minimum Gasteiger partial charge on any atom is -0.325 e. The second kappa shape index (κ2) is 5.52. The van der Waals surface area contributed by atoms with Gasteiger partial charge in [0, 0.05) is 20.4 Å². The molecule has 108 valence electrons. The number of aromatic nitrogens is 1. The number of H-pyrrole nitrogens is 1. The number of pyridine rings is 1. The first kappa shape index (κ1) is 15.6. The molecular formula is C14H8F3IN2O. The van der Waals surface area contributed by atoms with Gasteiger partial charge in [0.15, 0.2) is 0 Å². The zero-order valence-electron chi connectivity index (χ0n) is 10.7. The molecule has 1 aromatic heterocycles. The first-order chi connectivity index (χ1) is 9.75. The van der Waals surface area contributed by atoms with Gasteiger partial charge in [-0.3, -0.25) is 4.79 Å². The first-order valence-electron chi connectivity index (χ1n) is 5.76. The fraction of sp³-hybridized carbons (Fsp3) is 0.143. The largest absolute Gasteiger partial charge is 0.417 e. The van der Waals surface area contributed by atoms with Crippen LogP contribution in [0.1, 0.15) is 16.8 Å². The molecule has 0 unspecified atom stereocenters. The number of alkyl halides is 3.